The molecule has 0 fully saturated rings. The maximum atomic E-state index is 12.1. The molecule has 2 N–H and O–H groups in total. The Labute approximate surface area is 128 Å². The predicted octanol–water partition coefficient (Wildman–Crippen LogP) is 3.03. The van der Waals surface area contributed by atoms with Gasteiger partial charge in [-0.15, -0.1) is 0 Å². The molecule has 19 heavy (non-hydrogen) atoms. The second kappa shape index (κ2) is 8.00. The highest BCUT2D eigenvalue weighted by atomic mass is 35.5. The number of halogens is 2. The van der Waals surface area contributed by atoms with Gasteiger partial charge in [-0.1, -0.05) is 29.3 Å². The van der Waals surface area contributed by atoms with Gasteiger partial charge >= 0.3 is 0 Å². The second-order valence-corrected chi connectivity index (χ2v) is 6.15. The third-order valence-corrected chi connectivity index (χ3v) is 3.98. The number of amides is 1. The normalized spacial score (nSPS) is 12.3. The molecule has 1 rings (SSSR count). The molecule has 0 aliphatic rings. The number of nitrogens with zero attached hydrogens (tertiary/aromatic N) is 1. The van der Waals surface area contributed by atoms with Gasteiger partial charge in [-0.2, -0.15) is 11.8 Å². The molecule has 106 valence electrons. The minimum Gasteiger partial charge on any atom is -0.340 e. The van der Waals surface area contributed by atoms with Gasteiger partial charge in [0.1, 0.15) is 0 Å². The maximum absolute atomic E-state index is 12.1. The fourth-order valence-corrected chi connectivity index (χ4v) is 2.59. The average Bonchev–Trinajstić information content (AvgIpc) is 2.38. The molecule has 0 unspecified atom stereocenters. The van der Waals surface area contributed by atoms with Gasteiger partial charge in [-0.25, -0.2) is 0 Å². The lowest BCUT2D eigenvalue weighted by Gasteiger charge is -2.21. The van der Waals surface area contributed by atoms with Gasteiger partial charge < -0.3 is 10.6 Å². The van der Waals surface area contributed by atoms with Crippen LogP contribution >= 0.6 is 35.0 Å². The van der Waals surface area contributed by atoms with E-state index >= 15 is 0 Å². The highest BCUT2D eigenvalue weighted by Crippen LogP contribution is 2.22. The first-order valence-corrected chi connectivity index (χ1v) is 8.04. The van der Waals surface area contributed by atoms with E-state index in [9.17, 15) is 4.79 Å². The zero-order valence-corrected chi connectivity index (χ0v) is 13.4. The third-order valence-electron chi connectivity index (χ3n) is 2.75. The molecular formula is C13H18Cl2N2OS. The molecule has 0 spiro atoms. The Morgan fingerprint density at radius 1 is 1.47 bits per heavy atom. The van der Waals surface area contributed by atoms with E-state index in [1.807, 2.05) is 12.3 Å². The number of rotatable bonds is 6. The fraction of sp³-hybridized carbons (Fsp3) is 0.462. The fourth-order valence-electron chi connectivity index (χ4n) is 1.63. The Morgan fingerprint density at radius 2 is 2.16 bits per heavy atom. The molecule has 1 atom stereocenters. The molecule has 6 heteroatoms. The van der Waals surface area contributed by atoms with Crippen LogP contribution in [0.1, 0.15) is 12.0 Å². The molecule has 0 radical (unpaired) electrons. The zero-order chi connectivity index (χ0) is 14.4. The number of thioether (sulfide) groups is 1. The number of carbonyl (C=O) groups excluding carboxylic acids is 1. The first kappa shape index (κ1) is 16.6. The minimum absolute atomic E-state index is 0.0694. The van der Waals surface area contributed by atoms with E-state index in [1.54, 1.807) is 35.8 Å². The molecule has 0 heterocycles. The Kier molecular flexibility index (Phi) is 7.00. The summed E-state index contributed by atoms with van der Waals surface area (Å²) in [6.45, 7) is 0.432. The van der Waals surface area contributed by atoms with E-state index in [0.717, 1.165) is 11.3 Å². The van der Waals surface area contributed by atoms with Crippen LogP contribution in [0.25, 0.3) is 0 Å². The Bertz CT molecular complexity index is 443. The van der Waals surface area contributed by atoms with Gasteiger partial charge in [0.25, 0.3) is 0 Å². The van der Waals surface area contributed by atoms with Crippen molar-refractivity contribution in [3.8, 4) is 0 Å². The molecule has 0 saturated carbocycles. The van der Waals surface area contributed by atoms with Gasteiger partial charge in [-0.3, -0.25) is 4.79 Å². The summed E-state index contributed by atoms with van der Waals surface area (Å²) < 4.78 is 0. The molecule has 1 aromatic rings. The molecular weight excluding hydrogens is 303 g/mol. The van der Waals surface area contributed by atoms with Gasteiger partial charge in [0, 0.05) is 23.6 Å². The molecule has 1 amide bonds. The van der Waals surface area contributed by atoms with Crippen molar-refractivity contribution in [2.24, 2.45) is 5.73 Å². The lowest BCUT2D eigenvalue weighted by Crippen LogP contribution is -2.41. The van der Waals surface area contributed by atoms with Crippen molar-refractivity contribution in [1.82, 2.24) is 4.90 Å². The summed E-state index contributed by atoms with van der Waals surface area (Å²) in [5.41, 5.74) is 6.72. The van der Waals surface area contributed by atoms with Crippen molar-refractivity contribution in [3.63, 3.8) is 0 Å². The minimum atomic E-state index is -0.455. The number of hydrogen-bond donors (Lipinski definition) is 1. The Morgan fingerprint density at radius 3 is 2.74 bits per heavy atom. The largest absolute Gasteiger partial charge is 0.340 e. The molecule has 0 aromatic heterocycles. The van der Waals surface area contributed by atoms with Crippen LogP contribution in [0, 0.1) is 0 Å². The summed E-state index contributed by atoms with van der Waals surface area (Å²) in [5, 5.41) is 1.14. The van der Waals surface area contributed by atoms with Crippen molar-refractivity contribution in [3.05, 3.63) is 33.8 Å². The molecule has 1 aromatic carbocycles. The van der Waals surface area contributed by atoms with Crippen molar-refractivity contribution < 1.29 is 4.79 Å². The highest BCUT2D eigenvalue weighted by molar-refractivity contribution is 7.98. The van der Waals surface area contributed by atoms with E-state index in [-0.39, 0.29) is 5.91 Å². The van der Waals surface area contributed by atoms with Crippen LogP contribution in [-0.2, 0) is 11.3 Å². The van der Waals surface area contributed by atoms with E-state index in [1.165, 1.54) is 0 Å². The van der Waals surface area contributed by atoms with Crippen LogP contribution in [0.5, 0.6) is 0 Å². The van der Waals surface area contributed by atoms with Crippen LogP contribution in [0.4, 0.5) is 0 Å². The van der Waals surface area contributed by atoms with Crippen molar-refractivity contribution in [1.29, 1.82) is 0 Å². The number of benzene rings is 1. The Hall–Kier alpha value is -0.420. The van der Waals surface area contributed by atoms with E-state index < -0.39 is 6.04 Å². The van der Waals surface area contributed by atoms with Crippen LogP contribution in [0.15, 0.2) is 18.2 Å². The molecule has 0 bridgehead atoms. The standard InChI is InChI=1S/C13H18Cl2N2OS/c1-17(13(18)12(16)5-6-19-2)8-9-3-4-10(14)7-11(9)15/h3-4,7,12H,5-6,8,16H2,1-2H3/t12-/m0/s1. The predicted molar refractivity (Wildman–Crippen MR) is 83.9 cm³/mol. The van der Waals surface area contributed by atoms with Crippen LogP contribution in [0.2, 0.25) is 10.0 Å². The van der Waals surface area contributed by atoms with Crippen LogP contribution < -0.4 is 5.73 Å². The zero-order valence-electron chi connectivity index (χ0n) is 11.0. The third kappa shape index (κ3) is 5.22. The summed E-state index contributed by atoms with van der Waals surface area (Å²) >= 11 is 13.6. The van der Waals surface area contributed by atoms with Crippen LogP contribution in [-0.4, -0.2) is 35.9 Å². The Balaban J connectivity index is 2.63. The van der Waals surface area contributed by atoms with Crippen molar-refractivity contribution in [2.75, 3.05) is 19.1 Å². The van der Waals surface area contributed by atoms with E-state index in [2.05, 4.69) is 0 Å². The first-order valence-electron chi connectivity index (χ1n) is 5.89. The van der Waals surface area contributed by atoms with Gasteiger partial charge in [-0.05, 0) is 36.1 Å². The summed E-state index contributed by atoms with van der Waals surface area (Å²) in [6.07, 6.45) is 2.67. The molecule has 0 aliphatic carbocycles. The number of likely N-dealkylation sites (N-methyl/N-ethyl adjacent to an activating group) is 1. The lowest BCUT2D eigenvalue weighted by molar-refractivity contribution is -0.131. The highest BCUT2D eigenvalue weighted by Gasteiger charge is 2.18. The van der Waals surface area contributed by atoms with Gasteiger partial charge in [0.05, 0.1) is 6.04 Å². The molecule has 0 aliphatic heterocycles. The van der Waals surface area contributed by atoms with E-state index in [0.29, 0.717) is 23.0 Å². The SMILES string of the molecule is CSCC[C@H](N)C(=O)N(C)Cc1ccc(Cl)cc1Cl. The molecule has 3 nitrogen and oxygen atoms in total. The topological polar surface area (TPSA) is 46.3 Å². The summed E-state index contributed by atoms with van der Waals surface area (Å²) in [4.78, 5) is 13.7. The summed E-state index contributed by atoms with van der Waals surface area (Å²) in [7, 11) is 1.73. The maximum Gasteiger partial charge on any atom is 0.239 e. The second-order valence-electron chi connectivity index (χ2n) is 4.32. The average molecular weight is 321 g/mol. The van der Waals surface area contributed by atoms with E-state index in [4.69, 9.17) is 28.9 Å². The summed E-state index contributed by atoms with van der Waals surface area (Å²) in [6, 6.07) is 4.80. The lowest BCUT2D eigenvalue weighted by atomic mass is 10.1. The van der Waals surface area contributed by atoms with Crippen molar-refractivity contribution >= 4 is 40.9 Å². The first-order chi connectivity index (χ1) is 8.95. The van der Waals surface area contributed by atoms with Gasteiger partial charge in [0.15, 0.2) is 0 Å². The van der Waals surface area contributed by atoms with Gasteiger partial charge in [0.2, 0.25) is 5.91 Å². The monoisotopic (exact) mass is 320 g/mol. The smallest absolute Gasteiger partial charge is 0.239 e. The molecule has 0 saturated heterocycles. The quantitative estimate of drug-likeness (QED) is 0.876. The summed E-state index contributed by atoms with van der Waals surface area (Å²) in [5.74, 6) is 0.808. The number of carbonyl (C=O) groups is 1. The van der Waals surface area contributed by atoms with Crippen LogP contribution in [0.3, 0.4) is 0 Å². The number of hydrogen-bond acceptors (Lipinski definition) is 3. The number of nitrogens with two attached hydrogens (primary N) is 1. The van der Waals surface area contributed by atoms with Crippen molar-refractivity contribution in [2.45, 2.75) is 19.0 Å².